The Kier molecular flexibility index (Phi) is 5.19. The highest BCUT2D eigenvalue weighted by molar-refractivity contribution is 6.31. The molecule has 140 valence electrons. The fraction of sp³-hybridized carbons (Fsp3) is 0.200. The van der Waals surface area contributed by atoms with E-state index in [4.69, 9.17) is 11.6 Å². The molecule has 0 bridgehead atoms. The van der Waals surface area contributed by atoms with E-state index in [0.717, 1.165) is 10.9 Å². The number of amides is 2. The molecular formula is C20H19ClFN3O2. The molecule has 3 aromatic rings. The molecular weight excluding hydrogens is 369 g/mol. The summed E-state index contributed by atoms with van der Waals surface area (Å²) in [5, 5.41) is 4.04. The Morgan fingerprint density at radius 2 is 1.89 bits per heavy atom. The van der Waals surface area contributed by atoms with Crippen LogP contribution in [0.25, 0.3) is 10.8 Å². The number of rotatable bonds is 3. The summed E-state index contributed by atoms with van der Waals surface area (Å²) in [6.07, 6.45) is 1.74. The largest absolute Gasteiger partial charge is 0.322 e. The van der Waals surface area contributed by atoms with Crippen LogP contribution in [-0.4, -0.2) is 22.5 Å². The number of pyridine rings is 1. The summed E-state index contributed by atoms with van der Waals surface area (Å²) < 4.78 is 14.8. The summed E-state index contributed by atoms with van der Waals surface area (Å²) in [5.41, 5.74) is 1.16. The molecule has 0 aliphatic rings. The number of benzene rings is 2. The second-order valence-electron chi connectivity index (χ2n) is 6.39. The summed E-state index contributed by atoms with van der Waals surface area (Å²) in [4.78, 5) is 26.5. The van der Waals surface area contributed by atoms with Crippen LogP contribution >= 0.6 is 11.6 Å². The number of anilines is 1. The van der Waals surface area contributed by atoms with Crippen molar-refractivity contribution in [1.29, 1.82) is 0 Å². The first-order valence-corrected chi connectivity index (χ1v) is 8.74. The predicted octanol–water partition coefficient (Wildman–Crippen LogP) is 4.56. The van der Waals surface area contributed by atoms with Gasteiger partial charge in [-0.1, -0.05) is 29.8 Å². The van der Waals surface area contributed by atoms with Gasteiger partial charge in [-0.3, -0.25) is 4.79 Å². The number of nitrogens with zero attached hydrogens (tertiary/aromatic N) is 2. The summed E-state index contributed by atoms with van der Waals surface area (Å²) >= 11 is 5.76. The van der Waals surface area contributed by atoms with Crippen LogP contribution in [0.5, 0.6) is 0 Å². The zero-order chi connectivity index (χ0) is 19.7. The average molecular weight is 388 g/mol. The summed E-state index contributed by atoms with van der Waals surface area (Å²) in [7, 11) is 3.34. The molecule has 7 heteroatoms. The molecule has 1 N–H and O–H groups in total. The summed E-state index contributed by atoms with van der Waals surface area (Å²) in [5.74, 6) is -0.548. The Hall–Kier alpha value is -2.86. The zero-order valence-corrected chi connectivity index (χ0v) is 15.9. The lowest BCUT2D eigenvalue weighted by molar-refractivity contribution is 0.208. The van der Waals surface area contributed by atoms with Gasteiger partial charge in [0, 0.05) is 31.4 Å². The molecule has 0 saturated carbocycles. The molecule has 0 spiro atoms. The van der Waals surface area contributed by atoms with E-state index in [-0.39, 0.29) is 22.7 Å². The Balaban J connectivity index is 1.91. The second-order valence-corrected chi connectivity index (χ2v) is 6.80. The van der Waals surface area contributed by atoms with Crippen LogP contribution < -0.4 is 10.9 Å². The van der Waals surface area contributed by atoms with Crippen LogP contribution in [0.2, 0.25) is 5.02 Å². The molecule has 3 rings (SSSR count). The molecule has 2 amide bonds. The Morgan fingerprint density at radius 1 is 1.22 bits per heavy atom. The third-order valence-corrected chi connectivity index (χ3v) is 4.93. The van der Waals surface area contributed by atoms with Gasteiger partial charge in [0.05, 0.1) is 11.1 Å². The first-order chi connectivity index (χ1) is 12.8. The molecule has 0 aliphatic carbocycles. The van der Waals surface area contributed by atoms with E-state index in [1.54, 1.807) is 26.4 Å². The van der Waals surface area contributed by atoms with Crippen LogP contribution in [0.15, 0.2) is 53.5 Å². The van der Waals surface area contributed by atoms with Crippen LogP contribution in [0.3, 0.4) is 0 Å². The van der Waals surface area contributed by atoms with Gasteiger partial charge in [-0.05, 0) is 42.1 Å². The normalized spacial score (nSPS) is 12.0. The minimum absolute atomic E-state index is 0.0624. The van der Waals surface area contributed by atoms with Crippen molar-refractivity contribution >= 4 is 34.1 Å². The number of carbonyl (C=O) groups is 1. The lowest BCUT2D eigenvalue weighted by atomic mass is 10.0. The van der Waals surface area contributed by atoms with Gasteiger partial charge in [-0.2, -0.15) is 0 Å². The average Bonchev–Trinajstić information content (AvgIpc) is 2.66. The maximum absolute atomic E-state index is 13.3. The van der Waals surface area contributed by atoms with E-state index in [9.17, 15) is 14.0 Å². The maximum Gasteiger partial charge on any atom is 0.322 e. The van der Waals surface area contributed by atoms with E-state index in [0.29, 0.717) is 11.1 Å². The van der Waals surface area contributed by atoms with Gasteiger partial charge in [-0.15, -0.1) is 0 Å². The lowest BCUT2D eigenvalue weighted by Gasteiger charge is -2.27. The highest BCUT2D eigenvalue weighted by Crippen LogP contribution is 2.26. The van der Waals surface area contributed by atoms with Crippen LogP contribution in [0.1, 0.15) is 18.5 Å². The quantitative estimate of drug-likeness (QED) is 0.716. The van der Waals surface area contributed by atoms with Gasteiger partial charge in [-0.25, -0.2) is 9.18 Å². The van der Waals surface area contributed by atoms with Crippen LogP contribution in [0.4, 0.5) is 14.9 Å². The number of fused-ring (bicyclic) bond motifs is 1. The fourth-order valence-electron chi connectivity index (χ4n) is 2.95. The Labute approximate surface area is 161 Å². The number of nitrogens with one attached hydrogen (secondary N) is 1. The number of halogens is 2. The second kappa shape index (κ2) is 7.40. The Bertz CT molecular complexity index is 1080. The molecule has 1 aromatic heterocycles. The van der Waals surface area contributed by atoms with Crippen molar-refractivity contribution in [3.8, 4) is 0 Å². The van der Waals surface area contributed by atoms with E-state index in [1.807, 2.05) is 25.1 Å². The number of aromatic nitrogens is 1. The minimum Gasteiger partial charge on any atom is -0.321 e. The topological polar surface area (TPSA) is 54.3 Å². The third-order valence-electron chi connectivity index (χ3n) is 4.64. The smallest absolute Gasteiger partial charge is 0.321 e. The van der Waals surface area contributed by atoms with Crippen molar-refractivity contribution in [2.75, 3.05) is 12.4 Å². The van der Waals surface area contributed by atoms with Crippen molar-refractivity contribution < 1.29 is 9.18 Å². The summed E-state index contributed by atoms with van der Waals surface area (Å²) in [6.45, 7) is 1.88. The summed E-state index contributed by atoms with van der Waals surface area (Å²) in [6, 6.07) is 10.6. The molecule has 0 radical (unpaired) electrons. The van der Waals surface area contributed by atoms with Crippen LogP contribution in [0, 0.1) is 5.82 Å². The number of urea groups is 1. The van der Waals surface area contributed by atoms with Crippen LogP contribution in [-0.2, 0) is 7.05 Å². The van der Waals surface area contributed by atoms with Crippen molar-refractivity contribution in [2.24, 2.45) is 7.05 Å². The van der Waals surface area contributed by atoms with Gasteiger partial charge >= 0.3 is 6.03 Å². The maximum atomic E-state index is 13.3. The molecule has 1 heterocycles. The number of hydrogen-bond donors (Lipinski definition) is 1. The number of aryl methyl sites for hydroxylation is 1. The highest BCUT2D eigenvalue weighted by Gasteiger charge is 2.21. The van der Waals surface area contributed by atoms with E-state index in [2.05, 4.69) is 5.32 Å². The van der Waals surface area contributed by atoms with E-state index < -0.39 is 5.82 Å². The van der Waals surface area contributed by atoms with Gasteiger partial charge in [0.1, 0.15) is 5.82 Å². The van der Waals surface area contributed by atoms with Crippen molar-refractivity contribution in [1.82, 2.24) is 9.47 Å². The molecule has 0 saturated heterocycles. The van der Waals surface area contributed by atoms with Gasteiger partial charge in [0.15, 0.2) is 0 Å². The fourth-order valence-corrected chi connectivity index (χ4v) is 3.13. The van der Waals surface area contributed by atoms with E-state index in [1.165, 1.54) is 27.7 Å². The number of carbonyl (C=O) groups excluding carboxylic acids is 1. The standard InChI is InChI=1S/C20H19ClFN3O2/c1-12(16-11-24(2)19(26)15-7-5-4-6-14(15)16)25(3)20(27)23-13-8-9-18(22)17(21)10-13/h4-12H,1-3H3,(H,23,27)/t12-/m1/s1. The van der Waals surface area contributed by atoms with Gasteiger partial charge in [0.2, 0.25) is 0 Å². The van der Waals surface area contributed by atoms with Crippen molar-refractivity contribution in [3.63, 3.8) is 0 Å². The number of hydrogen-bond acceptors (Lipinski definition) is 2. The lowest BCUT2D eigenvalue weighted by Crippen LogP contribution is -2.34. The molecule has 0 fully saturated rings. The molecule has 2 aromatic carbocycles. The zero-order valence-electron chi connectivity index (χ0n) is 15.2. The van der Waals surface area contributed by atoms with E-state index >= 15 is 0 Å². The highest BCUT2D eigenvalue weighted by atomic mass is 35.5. The molecule has 5 nitrogen and oxygen atoms in total. The molecule has 0 aliphatic heterocycles. The van der Waals surface area contributed by atoms with Gasteiger partial charge < -0.3 is 14.8 Å². The molecule has 27 heavy (non-hydrogen) atoms. The van der Waals surface area contributed by atoms with Gasteiger partial charge in [0.25, 0.3) is 5.56 Å². The first-order valence-electron chi connectivity index (χ1n) is 8.36. The van der Waals surface area contributed by atoms with Crippen molar-refractivity contribution in [2.45, 2.75) is 13.0 Å². The monoisotopic (exact) mass is 387 g/mol. The SMILES string of the molecule is C[C@H](c1cn(C)c(=O)c2ccccc12)N(C)C(=O)Nc1ccc(F)c(Cl)c1. The Morgan fingerprint density at radius 3 is 2.56 bits per heavy atom. The molecule has 1 atom stereocenters. The predicted molar refractivity (Wildman–Crippen MR) is 106 cm³/mol. The minimum atomic E-state index is -0.548. The third kappa shape index (κ3) is 3.66. The van der Waals surface area contributed by atoms with Crippen molar-refractivity contribution in [3.05, 3.63) is 75.4 Å². The molecule has 0 unspecified atom stereocenters. The first kappa shape index (κ1) is 18.9.